The molecule has 0 aliphatic heterocycles. The Morgan fingerprint density at radius 1 is 1.45 bits per heavy atom. The second-order valence-electron chi connectivity index (χ2n) is 4.56. The minimum absolute atomic E-state index is 0.0296. The van der Waals surface area contributed by atoms with Crippen LogP contribution in [0, 0.1) is 11.3 Å². The summed E-state index contributed by atoms with van der Waals surface area (Å²) in [5.74, 6) is -0.194. The van der Waals surface area contributed by atoms with Crippen molar-refractivity contribution in [1.29, 1.82) is 5.26 Å². The fraction of sp³-hybridized carbons (Fsp3) is 0.429. The molecule has 0 spiro atoms. The quantitative estimate of drug-likeness (QED) is 0.860. The second-order valence-corrected chi connectivity index (χ2v) is 6.84. The van der Waals surface area contributed by atoms with Crippen molar-refractivity contribution in [3.8, 4) is 6.07 Å². The number of benzene rings is 1. The lowest BCUT2D eigenvalue weighted by atomic mass is 10.1. The molecule has 0 unspecified atom stereocenters. The van der Waals surface area contributed by atoms with Crippen LogP contribution in [0.2, 0.25) is 0 Å². The van der Waals surface area contributed by atoms with Crippen LogP contribution in [0.1, 0.15) is 25.8 Å². The van der Waals surface area contributed by atoms with Crippen molar-refractivity contribution in [2.45, 2.75) is 37.6 Å². The van der Waals surface area contributed by atoms with Gasteiger partial charge in [-0.25, -0.2) is 8.42 Å². The van der Waals surface area contributed by atoms with Crippen LogP contribution in [0.4, 0.5) is 0 Å². The van der Waals surface area contributed by atoms with Crippen LogP contribution in [-0.4, -0.2) is 26.1 Å². The van der Waals surface area contributed by atoms with E-state index < -0.39 is 9.84 Å². The summed E-state index contributed by atoms with van der Waals surface area (Å²) in [5, 5.41) is 11.2. The first-order chi connectivity index (χ1) is 9.39. The number of hydrogen-bond donors (Lipinski definition) is 1. The first-order valence-corrected chi connectivity index (χ1v) is 8.02. The Morgan fingerprint density at radius 2 is 2.15 bits per heavy atom. The molecule has 0 bridgehead atoms. The number of nitriles is 1. The van der Waals surface area contributed by atoms with E-state index in [1.807, 2.05) is 6.07 Å². The van der Waals surface area contributed by atoms with Gasteiger partial charge in [-0.1, -0.05) is 19.1 Å². The van der Waals surface area contributed by atoms with Gasteiger partial charge in [0.1, 0.15) is 0 Å². The molecule has 0 saturated carbocycles. The highest BCUT2D eigenvalue weighted by atomic mass is 32.2. The SMILES string of the molecule is CCS(=O)(=O)c1cccc(CC(=O)N[C@H](C)CC#N)c1. The Kier molecular flexibility index (Phi) is 5.71. The smallest absolute Gasteiger partial charge is 0.224 e. The van der Waals surface area contributed by atoms with E-state index in [-0.39, 0.29) is 35.4 Å². The van der Waals surface area contributed by atoms with E-state index in [4.69, 9.17) is 5.26 Å². The van der Waals surface area contributed by atoms with Crippen molar-refractivity contribution >= 4 is 15.7 Å². The maximum Gasteiger partial charge on any atom is 0.224 e. The van der Waals surface area contributed by atoms with Gasteiger partial charge in [-0.05, 0) is 24.6 Å². The third-order valence-corrected chi connectivity index (χ3v) is 4.54. The summed E-state index contributed by atoms with van der Waals surface area (Å²) >= 11 is 0. The number of amides is 1. The van der Waals surface area contributed by atoms with Crippen molar-refractivity contribution in [3.05, 3.63) is 29.8 Å². The highest BCUT2D eigenvalue weighted by Gasteiger charge is 2.13. The fourth-order valence-electron chi connectivity index (χ4n) is 1.71. The van der Waals surface area contributed by atoms with Crippen LogP contribution >= 0.6 is 0 Å². The molecule has 1 aromatic carbocycles. The zero-order chi connectivity index (χ0) is 15.2. The van der Waals surface area contributed by atoms with Crippen LogP contribution < -0.4 is 5.32 Å². The molecule has 1 amide bonds. The molecule has 0 aliphatic rings. The van der Waals surface area contributed by atoms with Crippen LogP contribution in [0.3, 0.4) is 0 Å². The molecule has 1 N–H and O–H groups in total. The lowest BCUT2D eigenvalue weighted by Crippen LogP contribution is -2.33. The van der Waals surface area contributed by atoms with E-state index in [9.17, 15) is 13.2 Å². The summed E-state index contributed by atoms with van der Waals surface area (Å²) in [6.07, 6.45) is 0.346. The van der Waals surface area contributed by atoms with Gasteiger partial charge < -0.3 is 5.32 Å². The molecule has 1 rings (SSSR count). The molecule has 0 heterocycles. The number of rotatable bonds is 6. The average molecular weight is 294 g/mol. The zero-order valence-electron chi connectivity index (χ0n) is 11.6. The Morgan fingerprint density at radius 3 is 2.75 bits per heavy atom. The normalized spacial score (nSPS) is 12.4. The summed E-state index contributed by atoms with van der Waals surface area (Å²) in [4.78, 5) is 12.0. The lowest BCUT2D eigenvalue weighted by molar-refractivity contribution is -0.121. The van der Waals surface area contributed by atoms with Gasteiger partial charge in [0.05, 0.1) is 29.6 Å². The molecular formula is C14H18N2O3S. The average Bonchev–Trinajstić information content (AvgIpc) is 2.39. The van der Waals surface area contributed by atoms with Gasteiger partial charge in [0.15, 0.2) is 9.84 Å². The molecule has 108 valence electrons. The van der Waals surface area contributed by atoms with Crippen LogP contribution in [-0.2, 0) is 21.1 Å². The Hall–Kier alpha value is -1.87. The van der Waals surface area contributed by atoms with Crippen LogP contribution in [0.15, 0.2) is 29.2 Å². The molecular weight excluding hydrogens is 276 g/mol. The third-order valence-electron chi connectivity index (χ3n) is 2.81. The van der Waals surface area contributed by atoms with E-state index in [1.165, 1.54) is 12.1 Å². The zero-order valence-corrected chi connectivity index (χ0v) is 12.4. The second kappa shape index (κ2) is 7.06. The van der Waals surface area contributed by atoms with Crippen molar-refractivity contribution in [2.24, 2.45) is 0 Å². The molecule has 0 fully saturated rings. The van der Waals surface area contributed by atoms with Gasteiger partial charge in [0.2, 0.25) is 5.91 Å². The van der Waals surface area contributed by atoms with Crippen LogP contribution in [0.5, 0.6) is 0 Å². The highest BCUT2D eigenvalue weighted by molar-refractivity contribution is 7.91. The minimum atomic E-state index is -3.26. The third kappa shape index (κ3) is 4.67. The highest BCUT2D eigenvalue weighted by Crippen LogP contribution is 2.13. The number of hydrogen-bond acceptors (Lipinski definition) is 4. The minimum Gasteiger partial charge on any atom is -0.352 e. The standard InChI is InChI=1S/C14H18N2O3S/c1-3-20(18,19)13-6-4-5-12(9-13)10-14(17)16-11(2)7-8-15/h4-6,9,11H,3,7,10H2,1-2H3,(H,16,17)/t11-/m1/s1. The molecule has 0 saturated heterocycles. The number of carbonyl (C=O) groups excluding carboxylic acids is 1. The maximum atomic E-state index is 11.8. The van der Waals surface area contributed by atoms with E-state index in [0.29, 0.717) is 5.56 Å². The van der Waals surface area contributed by atoms with Gasteiger partial charge in [-0.2, -0.15) is 5.26 Å². The number of sulfone groups is 1. The predicted molar refractivity (Wildman–Crippen MR) is 75.7 cm³/mol. The van der Waals surface area contributed by atoms with Crippen molar-refractivity contribution < 1.29 is 13.2 Å². The predicted octanol–water partition coefficient (Wildman–Crippen LogP) is 1.44. The van der Waals surface area contributed by atoms with Crippen molar-refractivity contribution in [2.75, 3.05) is 5.75 Å². The number of carbonyl (C=O) groups is 1. The van der Waals surface area contributed by atoms with Gasteiger partial charge in [0, 0.05) is 6.04 Å². The topological polar surface area (TPSA) is 87.0 Å². The van der Waals surface area contributed by atoms with Gasteiger partial charge in [-0.15, -0.1) is 0 Å². The van der Waals surface area contributed by atoms with Gasteiger partial charge >= 0.3 is 0 Å². The summed E-state index contributed by atoms with van der Waals surface area (Å²) in [6, 6.07) is 8.15. The van der Waals surface area contributed by atoms with Crippen molar-refractivity contribution in [3.63, 3.8) is 0 Å². The summed E-state index contributed by atoms with van der Waals surface area (Å²) in [5.41, 5.74) is 0.640. The van der Waals surface area contributed by atoms with Gasteiger partial charge in [0.25, 0.3) is 0 Å². The summed E-state index contributed by atoms with van der Waals surface area (Å²) in [6.45, 7) is 3.33. The summed E-state index contributed by atoms with van der Waals surface area (Å²) < 4.78 is 23.5. The van der Waals surface area contributed by atoms with Crippen molar-refractivity contribution in [1.82, 2.24) is 5.32 Å². The van der Waals surface area contributed by atoms with E-state index in [0.717, 1.165) is 0 Å². The monoisotopic (exact) mass is 294 g/mol. The van der Waals surface area contributed by atoms with Crippen LogP contribution in [0.25, 0.3) is 0 Å². The molecule has 20 heavy (non-hydrogen) atoms. The maximum absolute atomic E-state index is 11.8. The number of nitrogens with zero attached hydrogens (tertiary/aromatic N) is 1. The molecule has 0 aromatic heterocycles. The van der Waals surface area contributed by atoms with Gasteiger partial charge in [-0.3, -0.25) is 4.79 Å². The molecule has 1 aromatic rings. The molecule has 6 heteroatoms. The van der Waals surface area contributed by atoms with E-state index >= 15 is 0 Å². The first-order valence-electron chi connectivity index (χ1n) is 6.37. The molecule has 5 nitrogen and oxygen atoms in total. The molecule has 1 atom stereocenters. The Bertz CT molecular complexity index is 618. The Balaban J connectivity index is 2.77. The number of nitrogens with one attached hydrogen (secondary N) is 1. The largest absolute Gasteiger partial charge is 0.352 e. The fourth-order valence-corrected chi connectivity index (χ4v) is 2.66. The van der Waals surface area contributed by atoms with E-state index in [1.54, 1.807) is 26.0 Å². The first kappa shape index (κ1) is 16.2. The molecule has 0 radical (unpaired) electrons. The summed E-state index contributed by atoms with van der Waals surface area (Å²) in [7, 11) is -3.26. The molecule has 0 aliphatic carbocycles. The van der Waals surface area contributed by atoms with E-state index in [2.05, 4.69) is 5.32 Å². The Labute approximate surface area is 119 Å². The lowest BCUT2D eigenvalue weighted by Gasteiger charge is -2.10.